The number of aromatic nitrogens is 1. The van der Waals surface area contributed by atoms with Gasteiger partial charge in [-0.3, -0.25) is 5.32 Å². The molecule has 0 aliphatic rings. The van der Waals surface area contributed by atoms with Gasteiger partial charge in [-0.2, -0.15) is 0 Å². The van der Waals surface area contributed by atoms with Crippen LogP contribution in [0.3, 0.4) is 0 Å². The van der Waals surface area contributed by atoms with Crippen molar-refractivity contribution in [2.75, 3.05) is 6.67 Å². The third-order valence-electron chi connectivity index (χ3n) is 3.72. The molecule has 2 heterocycles. The standard InChI is InChI=1S/C16H19N3O/c1-10-7-8-11-14-12(16(2,3)18-9-17)5-4-6-13(14)20-15(11)19-10/h4-8,18H,9,17H2,1-3H3. The van der Waals surface area contributed by atoms with Crippen LogP contribution in [0, 0.1) is 6.92 Å². The number of nitrogens with two attached hydrogens (primary N) is 1. The predicted octanol–water partition coefficient (Wildman–Crippen LogP) is 3.03. The van der Waals surface area contributed by atoms with E-state index in [0.717, 1.165) is 22.0 Å². The van der Waals surface area contributed by atoms with Crippen LogP contribution in [-0.2, 0) is 5.54 Å². The summed E-state index contributed by atoms with van der Waals surface area (Å²) in [6.45, 7) is 6.63. The molecule has 0 amide bonds. The summed E-state index contributed by atoms with van der Waals surface area (Å²) < 4.78 is 5.88. The second kappa shape index (κ2) is 4.58. The van der Waals surface area contributed by atoms with Gasteiger partial charge in [-0.1, -0.05) is 12.1 Å². The van der Waals surface area contributed by atoms with Crippen molar-refractivity contribution >= 4 is 22.1 Å². The molecule has 0 saturated heterocycles. The van der Waals surface area contributed by atoms with Crippen LogP contribution in [0.2, 0.25) is 0 Å². The molecule has 2 aromatic heterocycles. The van der Waals surface area contributed by atoms with Crippen molar-refractivity contribution in [3.63, 3.8) is 0 Å². The van der Waals surface area contributed by atoms with E-state index in [4.69, 9.17) is 10.2 Å². The highest BCUT2D eigenvalue weighted by atomic mass is 16.3. The van der Waals surface area contributed by atoms with Crippen molar-refractivity contribution in [3.05, 3.63) is 41.6 Å². The molecule has 0 aliphatic carbocycles. The Kier molecular flexibility index (Phi) is 3.00. The van der Waals surface area contributed by atoms with Gasteiger partial charge in [-0.15, -0.1) is 0 Å². The number of pyridine rings is 1. The number of furan rings is 1. The number of rotatable bonds is 3. The van der Waals surface area contributed by atoms with Gasteiger partial charge >= 0.3 is 0 Å². The minimum absolute atomic E-state index is 0.226. The Morgan fingerprint density at radius 1 is 1.25 bits per heavy atom. The molecule has 3 aromatic rings. The number of hydrogen-bond donors (Lipinski definition) is 2. The topological polar surface area (TPSA) is 64.1 Å². The fourth-order valence-electron chi connectivity index (χ4n) is 2.67. The van der Waals surface area contributed by atoms with Crippen molar-refractivity contribution in [2.45, 2.75) is 26.3 Å². The van der Waals surface area contributed by atoms with Crippen LogP contribution in [-0.4, -0.2) is 11.7 Å². The van der Waals surface area contributed by atoms with Crippen LogP contribution in [0.25, 0.3) is 22.1 Å². The molecule has 0 atom stereocenters. The van der Waals surface area contributed by atoms with Crippen molar-refractivity contribution in [1.29, 1.82) is 0 Å². The molecule has 20 heavy (non-hydrogen) atoms. The van der Waals surface area contributed by atoms with Crippen molar-refractivity contribution in [1.82, 2.24) is 10.3 Å². The first kappa shape index (κ1) is 13.1. The van der Waals surface area contributed by atoms with Gasteiger partial charge in [0.15, 0.2) is 0 Å². The van der Waals surface area contributed by atoms with Gasteiger partial charge in [-0.25, -0.2) is 4.98 Å². The van der Waals surface area contributed by atoms with E-state index in [1.165, 1.54) is 5.56 Å². The SMILES string of the molecule is Cc1ccc2c(n1)oc1cccc(C(C)(C)NCN)c12. The van der Waals surface area contributed by atoms with Gasteiger partial charge in [0.2, 0.25) is 5.71 Å². The van der Waals surface area contributed by atoms with Crippen LogP contribution in [0.1, 0.15) is 25.1 Å². The summed E-state index contributed by atoms with van der Waals surface area (Å²) in [5.74, 6) is 0. The van der Waals surface area contributed by atoms with E-state index in [9.17, 15) is 0 Å². The zero-order chi connectivity index (χ0) is 14.3. The van der Waals surface area contributed by atoms with Crippen LogP contribution >= 0.6 is 0 Å². The monoisotopic (exact) mass is 269 g/mol. The molecule has 0 aliphatic heterocycles. The fourth-order valence-corrected chi connectivity index (χ4v) is 2.67. The maximum absolute atomic E-state index is 5.88. The molecule has 1 aromatic carbocycles. The summed E-state index contributed by atoms with van der Waals surface area (Å²) >= 11 is 0. The average molecular weight is 269 g/mol. The summed E-state index contributed by atoms with van der Waals surface area (Å²) in [5, 5.41) is 5.47. The lowest BCUT2D eigenvalue weighted by Gasteiger charge is -2.26. The number of benzene rings is 1. The Labute approximate surface area is 118 Å². The van der Waals surface area contributed by atoms with Gasteiger partial charge in [-0.05, 0) is 44.5 Å². The van der Waals surface area contributed by atoms with E-state index >= 15 is 0 Å². The Morgan fingerprint density at radius 3 is 2.80 bits per heavy atom. The van der Waals surface area contributed by atoms with E-state index in [1.54, 1.807) is 0 Å². The minimum atomic E-state index is -0.226. The average Bonchev–Trinajstić information content (AvgIpc) is 2.75. The molecule has 0 saturated carbocycles. The zero-order valence-electron chi connectivity index (χ0n) is 12.0. The number of nitrogens with one attached hydrogen (secondary N) is 1. The lowest BCUT2D eigenvalue weighted by molar-refractivity contribution is 0.414. The molecule has 0 spiro atoms. The Hall–Kier alpha value is -1.91. The van der Waals surface area contributed by atoms with Gasteiger partial charge < -0.3 is 10.2 Å². The lowest BCUT2D eigenvalue weighted by Crippen LogP contribution is -2.40. The molecule has 3 rings (SSSR count). The maximum Gasteiger partial charge on any atom is 0.227 e. The molecule has 4 heteroatoms. The molecule has 0 unspecified atom stereocenters. The number of hydrogen-bond acceptors (Lipinski definition) is 4. The number of nitrogens with zero attached hydrogens (tertiary/aromatic N) is 1. The summed E-state index contributed by atoms with van der Waals surface area (Å²) in [6.07, 6.45) is 0. The normalized spacial score (nSPS) is 12.4. The van der Waals surface area contributed by atoms with Crippen molar-refractivity contribution < 1.29 is 4.42 Å². The van der Waals surface area contributed by atoms with Gasteiger partial charge in [0, 0.05) is 28.7 Å². The second-order valence-electron chi connectivity index (χ2n) is 5.59. The molecular weight excluding hydrogens is 250 g/mol. The minimum Gasteiger partial charge on any atom is -0.438 e. The molecular formula is C16H19N3O. The molecule has 3 N–H and O–H groups in total. The molecule has 0 radical (unpaired) electrons. The molecule has 104 valence electrons. The Bertz CT molecular complexity index is 774. The summed E-state index contributed by atoms with van der Waals surface area (Å²) in [7, 11) is 0. The quantitative estimate of drug-likeness (QED) is 0.717. The summed E-state index contributed by atoms with van der Waals surface area (Å²) in [6, 6.07) is 10.2. The highest BCUT2D eigenvalue weighted by molar-refractivity contribution is 6.05. The lowest BCUT2D eigenvalue weighted by atomic mass is 9.90. The third kappa shape index (κ3) is 1.97. The number of aryl methyl sites for hydroxylation is 1. The zero-order valence-corrected chi connectivity index (χ0v) is 12.0. The highest BCUT2D eigenvalue weighted by Gasteiger charge is 2.24. The fraction of sp³-hybridized carbons (Fsp3) is 0.312. The van der Waals surface area contributed by atoms with E-state index in [2.05, 4.69) is 36.3 Å². The van der Waals surface area contributed by atoms with Crippen molar-refractivity contribution in [2.24, 2.45) is 5.73 Å². The molecule has 0 fully saturated rings. The predicted molar refractivity (Wildman–Crippen MR) is 81.5 cm³/mol. The molecule has 0 bridgehead atoms. The van der Waals surface area contributed by atoms with E-state index in [-0.39, 0.29) is 5.54 Å². The third-order valence-corrected chi connectivity index (χ3v) is 3.72. The van der Waals surface area contributed by atoms with Gasteiger partial charge in [0.05, 0.1) is 0 Å². The first-order valence-electron chi connectivity index (χ1n) is 6.77. The van der Waals surface area contributed by atoms with Crippen LogP contribution in [0.5, 0.6) is 0 Å². The van der Waals surface area contributed by atoms with Crippen LogP contribution < -0.4 is 11.1 Å². The van der Waals surface area contributed by atoms with Crippen LogP contribution in [0.15, 0.2) is 34.7 Å². The van der Waals surface area contributed by atoms with E-state index in [1.807, 2.05) is 25.1 Å². The van der Waals surface area contributed by atoms with E-state index in [0.29, 0.717) is 12.4 Å². The van der Waals surface area contributed by atoms with E-state index < -0.39 is 0 Å². The second-order valence-corrected chi connectivity index (χ2v) is 5.59. The molecule has 4 nitrogen and oxygen atoms in total. The largest absolute Gasteiger partial charge is 0.438 e. The smallest absolute Gasteiger partial charge is 0.227 e. The van der Waals surface area contributed by atoms with Gasteiger partial charge in [0.25, 0.3) is 0 Å². The highest BCUT2D eigenvalue weighted by Crippen LogP contribution is 2.35. The Balaban J connectivity index is 2.36. The van der Waals surface area contributed by atoms with Crippen LogP contribution in [0.4, 0.5) is 0 Å². The maximum atomic E-state index is 5.88. The Morgan fingerprint density at radius 2 is 2.05 bits per heavy atom. The first-order chi connectivity index (χ1) is 9.53. The van der Waals surface area contributed by atoms with Gasteiger partial charge in [0.1, 0.15) is 5.58 Å². The number of fused-ring (bicyclic) bond motifs is 3. The summed E-state index contributed by atoms with van der Waals surface area (Å²) in [4.78, 5) is 4.47. The van der Waals surface area contributed by atoms with Crippen molar-refractivity contribution in [3.8, 4) is 0 Å². The first-order valence-corrected chi connectivity index (χ1v) is 6.77. The summed E-state index contributed by atoms with van der Waals surface area (Å²) in [5.41, 5.74) is 9.11.